The first-order valence-corrected chi connectivity index (χ1v) is 6.14. The van der Waals surface area contributed by atoms with Gasteiger partial charge in [-0.05, 0) is 30.5 Å². The maximum Gasteiger partial charge on any atom is 0.224 e. The molecule has 92 valence electrons. The zero-order valence-corrected chi connectivity index (χ0v) is 10.3. The van der Waals surface area contributed by atoms with Gasteiger partial charge in [0.05, 0.1) is 0 Å². The van der Waals surface area contributed by atoms with Gasteiger partial charge in [-0.25, -0.2) is 9.97 Å². The number of carbonyl (C=O) groups excluding carboxylic acids is 1. The van der Waals surface area contributed by atoms with Gasteiger partial charge in [-0.3, -0.25) is 4.79 Å². The Morgan fingerprint density at radius 2 is 2.24 bits per heavy atom. The molecule has 2 heterocycles. The topological polar surface area (TPSA) is 58.1 Å². The van der Waals surface area contributed by atoms with Crippen LogP contribution in [0.15, 0.2) is 12.3 Å². The Morgan fingerprint density at radius 1 is 1.47 bits per heavy atom. The standard InChI is InChI=1S/C11H15ClN4O/c12-11-14-5-3-9(15-11)13-6-4-10(17)16-7-1-2-8-16/h3,5H,1-2,4,6-8H2,(H,13,14,15). The highest BCUT2D eigenvalue weighted by Crippen LogP contribution is 2.09. The average molecular weight is 255 g/mol. The summed E-state index contributed by atoms with van der Waals surface area (Å²) in [6.07, 6.45) is 4.32. The summed E-state index contributed by atoms with van der Waals surface area (Å²) in [4.78, 5) is 21.4. The van der Waals surface area contributed by atoms with Gasteiger partial charge in [0.25, 0.3) is 0 Å². The van der Waals surface area contributed by atoms with Crippen LogP contribution in [0, 0.1) is 0 Å². The van der Waals surface area contributed by atoms with Gasteiger partial charge < -0.3 is 10.2 Å². The second-order valence-corrected chi connectivity index (χ2v) is 4.31. The molecule has 5 nitrogen and oxygen atoms in total. The summed E-state index contributed by atoms with van der Waals surface area (Å²) < 4.78 is 0. The molecule has 0 aliphatic carbocycles. The number of carbonyl (C=O) groups is 1. The number of hydrogen-bond acceptors (Lipinski definition) is 4. The lowest BCUT2D eigenvalue weighted by molar-refractivity contribution is -0.129. The SMILES string of the molecule is O=C(CCNc1ccnc(Cl)n1)N1CCCC1. The van der Waals surface area contributed by atoms with Crippen LogP contribution in [0.4, 0.5) is 5.82 Å². The van der Waals surface area contributed by atoms with Crippen LogP contribution < -0.4 is 5.32 Å². The molecule has 2 rings (SSSR count). The molecule has 1 N–H and O–H groups in total. The van der Waals surface area contributed by atoms with Crippen LogP contribution in [-0.4, -0.2) is 40.4 Å². The molecule has 1 aliphatic rings. The van der Waals surface area contributed by atoms with Gasteiger partial charge in [-0.2, -0.15) is 0 Å². The van der Waals surface area contributed by atoms with Crippen LogP contribution in [-0.2, 0) is 4.79 Å². The second-order valence-electron chi connectivity index (χ2n) is 3.98. The van der Waals surface area contributed by atoms with Crippen molar-refractivity contribution in [2.45, 2.75) is 19.3 Å². The van der Waals surface area contributed by atoms with E-state index in [-0.39, 0.29) is 11.2 Å². The number of nitrogens with one attached hydrogen (secondary N) is 1. The van der Waals surface area contributed by atoms with Crippen molar-refractivity contribution in [2.75, 3.05) is 25.0 Å². The second kappa shape index (κ2) is 5.82. The molecule has 1 saturated heterocycles. The van der Waals surface area contributed by atoms with Crippen LogP contribution in [0.2, 0.25) is 5.28 Å². The highest BCUT2D eigenvalue weighted by molar-refractivity contribution is 6.28. The molecule has 1 aromatic heterocycles. The third-order valence-corrected chi connectivity index (χ3v) is 2.91. The lowest BCUT2D eigenvalue weighted by Gasteiger charge is -2.15. The zero-order valence-electron chi connectivity index (χ0n) is 9.53. The highest BCUT2D eigenvalue weighted by Gasteiger charge is 2.16. The number of rotatable bonds is 4. The van der Waals surface area contributed by atoms with E-state index in [9.17, 15) is 4.79 Å². The number of anilines is 1. The molecule has 0 unspecified atom stereocenters. The molecule has 1 aliphatic heterocycles. The van der Waals surface area contributed by atoms with Gasteiger partial charge in [-0.1, -0.05) is 0 Å². The first kappa shape index (κ1) is 12.1. The van der Waals surface area contributed by atoms with Crippen molar-refractivity contribution in [2.24, 2.45) is 0 Å². The maximum absolute atomic E-state index is 11.7. The quantitative estimate of drug-likeness (QED) is 0.829. The third kappa shape index (κ3) is 3.56. The van der Waals surface area contributed by atoms with Crippen LogP contribution in [0.3, 0.4) is 0 Å². The molecule has 1 aromatic rings. The van der Waals surface area contributed by atoms with Gasteiger partial charge in [-0.15, -0.1) is 0 Å². The minimum absolute atomic E-state index is 0.204. The van der Waals surface area contributed by atoms with Gasteiger partial charge in [0.2, 0.25) is 11.2 Å². The Morgan fingerprint density at radius 3 is 2.94 bits per heavy atom. The molecule has 0 aromatic carbocycles. The van der Waals surface area contributed by atoms with Crippen LogP contribution >= 0.6 is 11.6 Å². The van der Waals surface area contributed by atoms with Crippen molar-refractivity contribution in [3.63, 3.8) is 0 Å². The average Bonchev–Trinajstić information content (AvgIpc) is 2.82. The number of aromatic nitrogens is 2. The zero-order chi connectivity index (χ0) is 12.1. The lowest BCUT2D eigenvalue weighted by Crippen LogP contribution is -2.29. The molecule has 6 heteroatoms. The Bertz CT molecular complexity index is 393. The predicted octanol–water partition coefficient (Wildman–Crippen LogP) is 1.55. The number of amides is 1. The van der Waals surface area contributed by atoms with Gasteiger partial charge in [0.15, 0.2) is 0 Å². The predicted molar refractivity (Wildman–Crippen MR) is 66.0 cm³/mol. The number of nitrogens with zero attached hydrogens (tertiary/aromatic N) is 3. The Balaban J connectivity index is 1.73. The summed E-state index contributed by atoms with van der Waals surface area (Å²) in [6, 6.07) is 1.73. The Labute approximate surface area is 105 Å². The maximum atomic E-state index is 11.7. The number of hydrogen-bond donors (Lipinski definition) is 1. The molecule has 0 spiro atoms. The van der Waals surface area contributed by atoms with E-state index in [1.807, 2.05) is 4.90 Å². The molecular weight excluding hydrogens is 240 g/mol. The van der Waals surface area contributed by atoms with Crippen molar-refractivity contribution < 1.29 is 4.79 Å². The lowest BCUT2D eigenvalue weighted by atomic mass is 10.3. The molecular formula is C11H15ClN4O. The van der Waals surface area contributed by atoms with Crippen molar-refractivity contribution in [1.29, 1.82) is 0 Å². The molecule has 0 saturated carbocycles. The molecule has 0 atom stereocenters. The van der Waals surface area contributed by atoms with Crippen molar-refractivity contribution in [3.8, 4) is 0 Å². The molecule has 1 amide bonds. The first-order chi connectivity index (χ1) is 8.25. The fourth-order valence-electron chi connectivity index (χ4n) is 1.86. The number of likely N-dealkylation sites (tertiary alicyclic amines) is 1. The van der Waals surface area contributed by atoms with E-state index in [0.717, 1.165) is 25.9 Å². The van der Waals surface area contributed by atoms with E-state index in [0.29, 0.717) is 18.8 Å². The van der Waals surface area contributed by atoms with Crippen LogP contribution in [0.25, 0.3) is 0 Å². The molecule has 17 heavy (non-hydrogen) atoms. The van der Waals surface area contributed by atoms with E-state index in [2.05, 4.69) is 15.3 Å². The largest absolute Gasteiger partial charge is 0.369 e. The van der Waals surface area contributed by atoms with Crippen LogP contribution in [0.1, 0.15) is 19.3 Å². The van der Waals surface area contributed by atoms with E-state index in [4.69, 9.17) is 11.6 Å². The summed E-state index contributed by atoms with van der Waals surface area (Å²) in [6.45, 7) is 2.37. The summed E-state index contributed by atoms with van der Waals surface area (Å²) in [5.74, 6) is 0.856. The molecule has 1 fully saturated rings. The smallest absolute Gasteiger partial charge is 0.224 e. The van der Waals surface area contributed by atoms with Gasteiger partial charge in [0, 0.05) is 32.3 Å². The van der Waals surface area contributed by atoms with Crippen LogP contribution in [0.5, 0.6) is 0 Å². The molecule has 0 bridgehead atoms. The van der Waals surface area contributed by atoms with Crippen molar-refractivity contribution in [3.05, 3.63) is 17.5 Å². The van der Waals surface area contributed by atoms with Crippen molar-refractivity contribution in [1.82, 2.24) is 14.9 Å². The summed E-state index contributed by atoms with van der Waals surface area (Å²) in [5, 5.41) is 3.27. The number of halogens is 1. The van der Waals surface area contributed by atoms with E-state index in [1.54, 1.807) is 12.3 Å². The normalized spacial score (nSPS) is 15.0. The van der Waals surface area contributed by atoms with Crippen molar-refractivity contribution >= 4 is 23.3 Å². The Kier molecular flexibility index (Phi) is 4.14. The van der Waals surface area contributed by atoms with E-state index < -0.39 is 0 Å². The molecule has 0 radical (unpaired) electrons. The summed E-state index contributed by atoms with van der Waals surface area (Å²) >= 11 is 5.65. The minimum atomic E-state index is 0.204. The Hall–Kier alpha value is -1.36. The minimum Gasteiger partial charge on any atom is -0.369 e. The highest BCUT2D eigenvalue weighted by atomic mass is 35.5. The van der Waals surface area contributed by atoms with Gasteiger partial charge >= 0.3 is 0 Å². The fourth-order valence-corrected chi connectivity index (χ4v) is 2.00. The van der Waals surface area contributed by atoms with E-state index >= 15 is 0 Å². The van der Waals surface area contributed by atoms with Gasteiger partial charge in [0.1, 0.15) is 5.82 Å². The summed E-state index contributed by atoms with van der Waals surface area (Å²) in [5.41, 5.74) is 0. The third-order valence-electron chi connectivity index (χ3n) is 2.73. The fraction of sp³-hybridized carbons (Fsp3) is 0.545. The van der Waals surface area contributed by atoms with E-state index in [1.165, 1.54) is 0 Å². The monoisotopic (exact) mass is 254 g/mol. The first-order valence-electron chi connectivity index (χ1n) is 5.76. The summed E-state index contributed by atoms with van der Waals surface area (Å²) in [7, 11) is 0.